The first kappa shape index (κ1) is 27.6. The highest BCUT2D eigenvalue weighted by atomic mass is 32.2. The van der Waals surface area contributed by atoms with Crippen molar-refractivity contribution in [2.24, 2.45) is 5.10 Å². The van der Waals surface area contributed by atoms with Gasteiger partial charge in [-0.25, -0.2) is 13.4 Å². The van der Waals surface area contributed by atoms with Crippen molar-refractivity contribution in [2.45, 2.75) is 30.8 Å². The molecule has 208 valence electrons. The largest absolute Gasteiger partial charge is 0.433 e. The number of aryl methyl sites for hydroxylation is 1. The Morgan fingerprint density at radius 1 is 1.23 bits per heavy atom. The standard InChI is InChI=1S/C26H25N5O7S2/c1-17-5-11-22-23(14-17)39-26(28-22)30(27-15-19-8-12-24(38-19)31(33)34)25(32)18-6-9-21(10-7-18)40(35,36)29(2)16-20-4-3-13-37-20/h5-12,14-15,20H,3-4,13,16H2,1-2H3/b27-15+. The van der Waals surface area contributed by atoms with Gasteiger partial charge in [-0.2, -0.15) is 14.4 Å². The first-order chi connectivity index (χ1) is 19.1. The molecular weight excluding hydrogens is 558 g/mol. The normalized spacial score (nSPS) is 15.8. The van der Waals surface area contributed by atoms with Crippen molar-refractivity contribution in [1.82, 2.24) is 9.29 Å². The summed E-state index contributed by atoms with van der Waals surface area (Å²) in [5.41, 5.74) is 1.86. The molecule has 0 spiro atoms. The molecule has 5 rings (SSSR count). The molecular formula is C26H25N5O7S2. The van der Waals surface area contributed by atoms with E-state index in [0.29, 0.717) is 12.1 Å². The lowest BCUT2D eigenvalue weighted by molar-refractivity contribution is -0.402. The van der Waals surface area contributed by atoms with E-state index in [9.17, 15) is 23.3 Å². The van der Waals surface area contributed by atoms with Gasteiger partial charge < -0.3 is 9.15 Å². The Morgan fingerprint density at radius 2 is 2.00 bits per heavy atom. The lowest BCUT2D eigenvalue weighted by atomic mass is 10.2. The van der Waals surface area contributed by atoms with Gasteiger partial charge in [-0.3, -0.25) is 14.9 Å². The number of fused-ring (bicyclic) bond motifs is 1. The summed E-state index contributed by atoms with van der Waals surface area (Å²) in [6.45, 7) is 2.81. The highest BCUT2D eigenvalue weighted by Crippen LogP contribution is 2.31. The second kappa shape index (κ2) is 11.3. The van der Waals surface area contributed by atoms with Gasteiger partial charge in [-0.05, 0) is 67.8 Å². The maximum atomic E-state index is 13.6. The summed E-state index contributed by atoms with van der Waals surface area (Å²) in [7, 11) is -2.29. The molecule has 0 bridgehead atoms. The van der Waals surface area contributed by atoms with E-state index in [1.807, 2.05) is 25.1 Å². The zero-order valence-electron chi connectivity index (χ0n) is 21.6. The lowest BCUT2D eigenvalue weighted by Gasteiger charge is -2.20. The van der Waals surface area contributed by atoms with Crippen molar-refractivity contribution >= 4 is 54.7 Å². The van der Waals surface area contributed by atoms with Crippen molar-refractivity contribution in [1.29, 1.82) is 0 Å². The van der Waals surface area contributed by atoms with E-state index in [1.54, 1.807) is 0 Å². The molecule has 0 N–H and O–H groups in total. The molecule has 2 aromatic heterocycles. The van der Waals surface area contributed by atoms with E-state index in [2.05, 4.69) is 10.1 Å². The van der Waals surface area contributed by atoms with Crippen LogP contribution in [0.15, 0.2) is 69.0 Å². The fourth-order valence-corrected chi connectivity index (χ4v) is 6.39. The fraction of sp³-hybridized carbons (Fsp3) is 0.269. The minimum atomic E-state index is -3.79. The van der Waals surface area contributed by atoms with Gasteiger partial charge >= 0.3 is 5.88 Å². The van der Waals surface area contributed by atoms with Crippen molar-refractivity contribution in [3.63, 3.8) is 0 Å². The highest BCUT2D eigenvalue weighted by molar-refractivity contribution is 7.89. The van der Waals surface area contributed by atoms with Crippen LogP contribution in [0.2, 0.25) is 0 Å². The predicted molar refractivity (Wildman–Crippen MR) is 149 cm³/mol. The molecule has 3 heterocycles. The Morgan fingerprint density at radius 3 is 2.67 bits per heavy atom. The topological polar surface area (TPSA) is 148 Å². The summed E-state index contributed by atoms with van der Waals surface area (Å²) >= 11 is 1.24. The summed E-state index contributed by atoms with van der Waals surface area (Å²) in [6.07, 6.45) is 2.75. The maximum absolute atomic E-state index is 13.6. The predicted octanol–water partition coefficient (Wildman–Crippen LogP) is 4.59. The Kier molecular flexibility index (Phi) is 7.76. The van der Waals surface area contributed by atoms with E-state index in [4.69, 9.17) is 9.15 Å². The Balaban J connectivity index is 1.43. The number of furan rings is 1. The lowest BCUT2D eigenvalue weighted by Crippen LogP contribution is -2.34. The minimum Gasteiger partial charge on any atom is -0.400 e. The van der Waals surface area contributed by atoms with Gasteiger partial charge in [0.2, 0.25) is 15.2 Å². The number of ether oxygens (including phenoxy) is 1. The second-order valence-corrected chi connectivity index (χ2v) is 12.3. The van der Waals surface area contributed by atoms with E-state index in [-0.39, 0.29) is 34.0 Å². The number of carbonyl (C=O) groups is 1. The molecule has 1 saturated heterocycles. The first-order valence-corrected chi connectivity index (χ1v) is 14.6. The molecule has 1 unspecified atom stereocenters. The molecule has 0 radical (unpaired) electrons. The number of hydrazone groups is 1. The number of nitrogens with zero attached hydrogens (tertiary/aromatic N) is 5. The van der Waals surface area contributed by atoms with Gasteiger partial charge in [-0.15, -0.1) is 0 Å². The maximum Gasteiger partial charge on any atom is 0.433 e. The molecule has 2 aromatic carbocycles. The molecule has 1 fully saturated rings. The summed E-state index contributed by atoms with van der Waals surface area (Å²) in [4.78, 5) is 28.5. The number of hydrogen-bond donors (Lipinski definition) is 0. The highest BCUT2D eigenvalue weighted by Gasteiger charge is 2.27. The molecule has 1 aliphatic heterocycles. The third kappa shape index (κ3) is 5.79. The van der Waals surface area contributed by atoms with E-state index in [1.165, 1.54) is 65.3 Å². The van der Waals surface area contributed by atoms with Crippen molar-refractivity contribution in [3.05, 3.63) is 81.6 Å². The van der Waals surface area contributed by atoms with Crippen LogP contribution in [0, 0.1) is 17.0 Å². The van der Waals surface area contributed by atoms with Crippen LogP contribution in [0.5, 0.6) is 0 Å². The summed E-state index contributed by atoms with van der Waals surface area (Å²) in [5, 5.41) is 16.5. The van der Waals surface area contributed by atoms with Crippen LogP contribution in [-0.2, 0) is 14.8 Å². The van der Waals surface area contributed by atoms with Crippen LogP contribution in [0.1, 0.15) is 34.5 Å². The van der Waals surface area contributed by atoms with Gasteiger partial charge in [0.1, 0.15) is 4.92 Å². The molecule has 1 aliphatic rings. The smallest absolute Gasteiger partial charge is 0.400 e. The van der Waals surface area contributed by atoms with Gasteiger partial charge in [0.25, 0.3) is 5.91 Å². The molecule has 1 amide bonds. The van der Waals surface area contributed by atoms with E-state index in [0.717, 1.165) is 28.1 Å². The van der Waals surface area contributed by atoms with E-state index < -0.39 is 26.7 Å². The number of amides is 1. The van der Waals surface area contributed by atoms with Crippen molar-refractivity contribution in [2.75, 3.05) is 25.2 Å². The molecule has 0 saturated carbocycles. The molecule has 12 nitrogen and oxygen atoms in total. The van der Waals surface area contributed by atoms with Gasteiger partial charge in [-0.1, -0.05) is 17.4 Å². The number of aromatic nitrogens is 1. The molecule has 0 aliphatic carbocycles. The fourth-order valence-electron chi connectivity index (χ4n) is 4.17. The summed E-state index contributed by atoms with van der Waals surface area (Å²) in [6, 6.07) is 13.8. The first-order valence-electron chi connectivity index (χ1n) is 12.3. The number of rotatable bonds is 9. The van der Waals surface area contributed by atoms with Crippen molar-refractivity contribution < 1.29 is 27.3 Å². The number of carbonyl (C=O) groups excluding carboxylic acids is 1. The molecule has 4 aromatic rings. The minimum absolute atomic E-state index is 0.0398. The van der Waals surface area contributed by atoms with Crippen molar-refractivity contribution in [3.8, 4) is 0 Å². The zero-order chi connectivity index (χ0) is 28.4. The Hall–Kier alpha value is -3.98. The number of hydrogen-bond acceptors (Lipinski definition) is 10. The van der Waals surface area contributed by atoms with Gasteiger partial charge in [0, 0.05) is 25.8 Å². The third-order valence-corrected chi connectivity index (χ3v) is 9.12. The van der Waals surface area contributed by atoms with E-state index >= 15 is 0 Å². The number of sulfonamides is 1. The van der Waals surface area contributed by atoms with Crippen LogP contribution in [0.25, 0.3) is 10.2 Å². The summed E-state index contributed by atoms with van der Waals surface area (Å²) in [5.74, 6) is -0.974. The SMILES string of the molecule is Cc1ccc2nc(N(/N=C/c3ccc([N+](=O)[O-])o3)C(=O)c3ccc(S(=O)(=O)N(C)CC4CCCO4)cc3)sc2c1. The third-order valence-electron chi connectivity index (χ3n) is 6.29. The van der Waals surface area contributed by atoms with Crippen LogP contribution in [0.4, 0.5) is 11.0 Å². The summed E-state index contributed by atoms with van der Waals surface area (Å²) < 4.78 is 38.9. The Bertz CT molecular complexity index is 1690. The number of nitro groups is 1. The van der Waals surface area contributed by atoms with Crippen LogP contribution in [0.3, 0.4) is 0 Å². The average molecular weight is 584 g/mol. The van der Waals surface area contributed by atoms with Crippen LogP contribution in [-0.4, -0.2) is 61.1 Å². The van der Waals surface area contributed by atoms with Gasteiger partial charge in [0.05, 0.1) is 33.5 Å². The average Bonchev–Trinajstić information content (AvgIpc) is 3.70. The number of anilines is 1. The number of likely N-dealkylation sites (N-methyl/N-ethyl adjacent to an activating group) is 1. The monoisotopic (exact) mass is 583 g/mol. The number of benzene rings is 2. The molecule has 1 atom stereocenters. The molecule has 14 heteroatoms. The van der Waals surface area contributed by atoms with Crippen LogP contribution >= 0.6 is 11.3 Å². The quantitative estimate of drug-likeness (QED) is 0.158. The second-order valence-electron chi connectivity index (χ2n) is 9.21. The zero-order valence-corrected chi connectivity index (χ0v) is 23.2. The Labute approximate surface area is 233 Å². The van der Waals surface area contributed by atoms with Crippen LogP contribution < -0.4 is 5.01 Å². The number of thiazole rings is 1. The molecule has 40 heavy (non-hydrogen) atoms. The van der Waals surface area contributed by atoms with Gasteiger partial charge in [0.15, 0.2) is 5.76 Å².